The van der Waals surface area contributed by atoms with Gasteiger partial charge in [0.2, 0.25) is 11.8 Å². The van der Waals surface area contributed by atoms with Crippen LogP contribution in [0.25, 0.3) is 0 Å². The minimum atomic E-state index is -0.771. The van der Waals surface area contributed by atoms with Crippen molar-refractivity contribution < 1.29 is 27.9 Å². The number of rotatable bonds is 8. The second-order valence-corrected chi connectivity index (χ2v) is 9.48. The molecule has 0 saturated carbocycles. The lowest BCUT2D eigenvalue weighted by molar-refractivity contribution is -0.123. The van der Waals surface area contributed by atoms with Gasteiger partial charge in [-0.3, -0.25) is 14.9 Å². The zero-order chi connectivity index (χ0) is 28.6. The van der Waals surface area contributed by atoms with Gasteiger partial charge in [0.1, 0.15) is 35.4 Å². The van der Waals surface area contributed by atoms with Gasteiger partial charge >= 0.3 is 6.03 Å². The van der Waals surface area contributed by atoms with E-state index in [4.69, 9.17) is 4.74 Å². The van der Waals surface area contributed by atoms with Crippen LogP contribution in [0.4, 0.5) is 30.8 Å². The third-order valence-electron chi connectivity index (χ3n) is 6.42. The lowest BCUT2D eigenvalue weighted by Gasteiger charge is -2.34. The fourth-order valence-corrected chi connectivity index (χ4v) is 4.16. The first-order valence-electron chi connectivity index (χ1n) is 12.7. The molecule has 1 aliphatic rings. The number of halogens is 2. The van der Waals surface area contributed by atoms with Crippen LogP contribution in [0.1, 0.15) is 19.3 Å². The van der Waals surface area contributed by atoms with Crippen molar-refractivity contribution in [3.05, 3.63) is 72.4 Å². The van der Waals surface area contributed by atoms with Crippen LogP contribution in [0, 0.1) is 11.6 Å². The largest absolute Gasteiger partial charge is 0.457 e. The quantitative estimate of drug-likeness (QED) is 0.350. The number of ether oxygens (including phenoxy) is 1. The zero-order valence-corrected chi connectivity index (χ0v) is 22.1. The van der Waals surface area contributed by atoms with Crippen molar-refractivity contribution in [2.24, 2.45) is 0 Å². The van der Waals surface area contributed by atoms with Gasteiger partial charge in [-0.2, -0.15) is 0 Å². The Kier molecular flexibility index (Phi) is 9.23. The molecule has 0 radical (unpaired) electrons. The summed E-state index contributed by atoms with van der Waals surface area (Å²) in [6.45, 7) is 1.85. The number of nitrogens with zero attached hydrogens (tertiary/aromatic N) is 3. The van der Waals surface area contributed by atoms with Crippen LogP contribution in [-0.4, -0.2) is 65.9 Å². The highest BCUT2D eigenvalue weighted by Gasteiger charge is 2.24. The lowest BCUT2D eigenvalue weighted by Crippen LogP contribution is -2.46. The Labute approximate surface area is 230 Å². The van der Waals surface area contributed by atoms with Gasteiger partial charge in [0.05, 0.1) is 5.69 Å². The summed E-state index contributed by atoms with van der Waals surface area (Å²) in [5.41, 5.74) is 0.196. The van der Waals surface area contributed by atoms with Crippen molar-refractivity contribution in [3.63, 3.8) is 0 Å². The number of urea groups is 1. The van der Waals surface area contributed by atoms with Gasteiger partial charge in [-0.05, 0) is 75.4 Å². The van der Waals surface area contributed by atoms with Crippen molar-refractivity contribution in [1.29, 1.82) is 0 Å². The molecular weight excluding hydrogens is 522 g/mol. The van der Waals surface area contributed by atoms with Crippen LogP contribution < -0.4 is 20.7 Å². The molecule has 3 aromatic rings. The summed E-state index contributed by atoms with van der Waals surface area (Å²) < 4.78 is 33.4. The number of aromatic nitrogens is 1. The lowest BCUT2D eigenvalue weighted by atomic mass is 10.0. The first-order chi connectivity index (χ1) is 19.2. The van der Waals surface area contributed by atoms with Crippen molar-refractivity contribution in [2.45, 2.75) is 25.3 Å². The number of carbonyl (C=O) groups excluding carboxylic acids is 3. The van der Waals surface area contributed by atoms with E-state index in [0.29, 0.717) is 11.4 Å². The third-order valence-corrected chi connectivity index (χ3v) is 6.42. The van der Waals surface area contributed by atoms with Gasteiger partial charge in [-0.25, -0.2) is 18.6 Å². The Morgan fingerprint density at radius 1 is 0.950 bits per heavy atom. The molecule has 0 bridgehead atoms. The molecule has 4 rings (SSSR count). The number of amides is 4. The zero-order valence-electron chi connectivity index (χ0n) is 22.1. The molecule has 0 unspecified atom stereocenters. The van der Waals surface area contributed by atoms with Crippen molar-refractivity contribution in [1.82, 2.24) is 14.8 Å². The number of carbonyl (C=O) groups is 3. The summed E-state index contributed by atoms with van der Waals surface area (Å²) in [6, 6.07) is 11.8. The molecule has 1 fully saturated rings. The normalized spacial score (nSPS) is 13.8. The fraction of sp³-hybridized carbons (Fsp3) is 0.286. The smallest absolute Gasteiger partial charge is 0.323 e. The predicted octanol–water partition coefficient (Wildman–Crippen LogP) is 4.68. The maximum absolute atomic E-state index is 14.7. The number of hydrogen-bond donors (Lipinski definition) is 3. The van der Waals surface area contributed by atoms with Crippen molar-refractivity contribution in [3.8, 4) is 11.5 Å². The summed E-state index contributed by atoms with van der Waals surface area (Å²) in [5, 5.41) is 7.57. The van der Waals surface area contributed by atoms with E-state index in [0.717, 1.165) is 32.0 Å². The summed E-state index contributed by atoms with van der Waals surface area (Å²) >= 11 is 0. The van der Waals surface area contributed by atoms with E-state index in [1.807, 2.05) is 0 Å². The SMILES string of the molecule is CN1CCC(N(C)C(=O)Nc2cc(Oc3ccc(NC(=O)CC(=O)Nc4ccc(F)cc4)c(F)c3)ccn2)CC1. The standard InChI is InChI=1S/C28H30F2N6O4/c1-35-13-10-20(11-14-35)36(2)28(39)34-25-16-22(9-12-31-25)40-21-7-8-24(23(30)15-21)33-27(38)17-26(37)32-19-5-3-18(29)4-6-19/h3-9,12,15-16,20H,10-11,13-14,17H2,1-2H3,(H,32,37)(H,33,38)(H,31,34,39). The van der Waals surface area contributed by atoms with E-state index in [1.165, 1.54) is 48.7 Å². The minimum Gasteiger partial charge on any atom is -0.457 e. The maximum atomic E-state index is 14.7. The molecule has 2 heterocycles. The van der Waals surface area contributed by atoms with Crippen LogP contribution in [0.3, 0.4) is 0 Å². The van der Waals surface area contributed by atoms with E-state index < -0.39 is 29.9 Å². The molecule has 0 spiro atoms. The van der Waals surface area contributed by atoms with Crippen LogP contribution >= 0.6 is 0 Å². The number of benzene rings is 2. The van der Waals surface area contributed by atoms with E-state index >= 15 is 0 Å². The van der Waals surface area contributed by atoms with Crippen LogP contribution in [0.15, 0.2) is 60.8 Å². The van der Waals surface area contributed by atoms with E-state index in [2.05, 4.69) is 32.9 Å². The predicted molar refractivity (Wildman–Crippen MR) is 146 cm³/mol. The highest BCUT2D eigenvalue weighted by Crippen LogP contribution is 2.27. The minimum absolute atomic E-state index is 0.133. The molecule has 0 atom stereocenters. The van der Waals surface area contributed by atoms with Gasteiger partial charge < -0.3 is 25.2 Å². The molecule has 10 nitrogen and oxygen atoms in total. The van der Waals surface area contributed by atoms with Crippen LogP contribution in [0.2, 0.25) is 0 Å². The Bertz CT molecular complexity index is 1360. The molecule has 210 valence electrons. The molecular formula is C28H30F2N6O4. The Morgan fingerprint density at radius 3 is 2.33 bits per heavy atom. The summed E-state index contributed by atoms with van der Waals surface area (Å²) in [4.78, 5) is 45.0. The van der Waals surface area contributed by atoms with Gasteiger partial charge in [0, 0.05) is 37.1 Å². The van der Waals surface area contributed by atoms with Crippen molar-refractivity contribution >= 4 is 35.0 Å². The van der Waals surface area contributed by atoms with E-state index in [9.17, 15) is 23.2 Å². The number of nitrogens with one attached hydrogen (secondary N) is 3. The average molecular weight is 553 g/mol. The second-order valence-electron chi connectivity index (χ2n) is 9.48. The van der Waals surface area contributed by atoms with Gasteiger partial charge in [0.25, 0.3) is 0 Å². The highest BCUT2D eigenvalue weighted by atomic mass is 19.1. The summed E-state index contributed by atoms with van der Waals surface area (Å²) in [5.74, 6) is -1.84. The van der Waals surface area contributed by atoms with Gasteiger partial charge in [0.15, 0.2) is 0 Å². The number of piperidine rings is 1. The van der Waals surface area contributed by atoms with Crippen LogP contribution in [-0.2, 0) is 9.59 Å². The molecule has 3 N–H and O–H groups in total. The van der Waals surface area contributed by atoms with E-state index in [-0.39, 0.29) is 29.3 Å². The molecule has 4 amide bonds. The van der Waals surface area contributed by atoms with Gasteiger partial charge in [-0.15, -0.1) is 0 Å². The first-order valence-corrected chi connectivity index (χ1v) is 12.7. The molecule has 1 saturated heterocycles. The molecule has 2 aromatic carbocycles. The second kappa shape index (κ2) is 13.0. The summed E-state index contributed by atoms with van der Waals surface area (Å²) in [7, 11) is 3.81. The number of likely N-dealkylation sites (tertiary alicyclic amines) is 1. The third kappa shape index (κ3) is 7.96. The Morgan fingerprint density at radius 2 is 1.62 bits per heavy atom. The number of anilines is 3. The molecule has 1 aliphatic heterocycles. The fourth-order valence-electron chi connectivity index (χ4n) is 4.16. The number of pyridine rings is 1. The Balaban J connectivity index is 1.30. The molecule has 12 heteroatoms. The van der Waals surface area contributed by atoms with Crippen LogP contribution in [0.5, 0.6) is 11.5 Å². The molecule has 0 aliphatic carbocycles. The molecule has 40 heavy (non-hydrogen) atoms. The monoisotopic (exact) mass is 552 g/mol. The molecule has 1 aromatic heterocycles. The van der Waals surface area contributed by atoms with Crippen molar-refractivity contribution in [2.75, 3.05) is 43.1 Å². The number of hydrogen-bond acceptors (Lipinski definition) is 6. The maximum Gasteiger partial charge on any atom is 0.323 e. The first kappa shape index (κ1) is 28.4. The summed E-state index contributed by atoms with van der Waals surface area (Å²) in [6.07, 6.45) is 2.68. The van der Waals surface area contributed by atoms with Gasteiger partial charge in [-0.1, -0.05) is 0 Å². The highest BCUT2D eigenvalue weighted by molar-refractivity contribution is 6.08. The van der Waals surface area contributed by atoms with E-state index in [1.54, 1.807) is 18.0 Å². The topological polar surface area (TPSA) is 116 Å². The Hall–Kier alpha value is -4.58. The average Bonchev–Trinajstić information content (AvgIpc) is 2.91.